The van der Waals surface area contributed by atoms with Crippen molar-refractivity contribution in [2.24, 2.45) is 11.8 Å². The van der Waals surface area contributed by atoms with E-state index in [0.717, 1.165) is 0 Å². The van der Waals surface area contributed by atoms with Gasteiger partial charge in [0.15, 0.2) is 0 Å². The molecule has 6 heteroatoms. The lowest BCUT2D eigenvalue weighted by atomic mass is 10.2. The van der Waals surface area contributed by atoms with Gasteiger partial charge in [-0.3, -0.25) is 0 Å². The summed E-state index contributed by atoms with van der Waals surface area (Å²) in [6.07, 6.45) is 1.58. The van der Waals surface area contributed by atoms with Gasteiger partial charge in [0.1, 0.15) is 10.7 Å². The first-order chi connectivity index (χ1) is 9.28. The average Bonchev–Trinajstić information content (AvgIpc) is 2.36. The summed E-state index contributed by atoms with van der Waals surface area (Å²) in [6, 6.07) is 3.25. The highest BCUT2D eigenvalue weighted by Crippen LogP contribution is 2.23. The number of aromatic nitrogens is 1. The Kier molecular flexibility index (Phi) is 5.95. The Balaban J connectivity index is 3.21. The van der Waals surface area contributed by atoms with Crippen molar-refractivity contribution in [1.82, 2.24) is 9.29 Å². The van der Waals surface area contributed by atoms with Gasteiger partial charge in [-0.25, -0.2) is 13.4 Å². The zero-order chi connectivity index (χ0) is 15.3. The van der Waals surface area contributed by atoms with Gasteiger partial charge in [0.2, 0.25) is 10.0 Å². The summed E-state index contributed by atoms with van der Waals surface area (Å²) < 4.78 is 27.2. The fourth-order valence-corrected chi connectivity index (χ4v) is 3.93. The van der Waals surface area contributed by atoms with Crippen LogP contribution in [0.1, 0.15) is 27.7 Å². The molecule has 1 heterocycles. The van der Waals surface area contributed by atoms with Crippen molar-refractivity contribution >= 4 is 15.8 Å². The summed E-state index contributed by atoms with van der Waals surface area (Å²) in [5.74, 6) is 0.946. The van der Waals surface area contributed by atoms with Crippen LogP contribution in [-0.2, 0) is 10.0 Å². The lowest BCUT2D eigenvalue weighted by molar-refractivity contribution is 0.333. The Bertz CT molecular complexity index is 517. The summed E-state index contributed by atoms with van der Waals surface area (Å²) in [5.41, 5.74) is 0. The minimum atomic E-state index is -3.53. The van der Waals surface area contributed by atoms with Crippen LogP contribution in [-0.4, -0.2) is 37.8 Å². The standard InChI is InChI=1S/C14H25N3O2S/c1-11(2)9-17(10-12(3)4)20(18,19)13-7-6-8-16-14(13)15-5/h6-8,11-12H,9-10H2,1-5H3,(H,15,16). The monoisotopic (exact) mass is 299 g/mol. The summed E-state index contributed by atoms with van der Waals surface area (Å²) in [7, 11) is -1.85. The second kappa shape index (κ2) is 7.04. The zero-order valence-electron chi connectivity index (χ0n) is 12.9. The molecule has 0 radical (unpaired) electrons. The molecule has 20 heavy (non-hydrogen) atoms. The molecule has 0 saturated heterocycles. The molecule has 1 aromatic rings. The maximum Gasteiger partial charge on any atom is 0.246 e. The van der Waals surface area contributed by atoms with E-state index in [4.69, 9.17) is 0 Å². The fourth-order valence-electron chi connectivity index (χ4n) is 2.01. The smallest absolute Gasteiger partial charge is 0.246 e. The SMILES string of the molecule is CNc1ncccc1S(=O)(=O)N(CC(C)C)CC(C)C. The summed E-state index contributed by atoms with van der Waals surface area (Å²) in [6.45, 7) is 9.10. The lowest BCUT2D eigenvalue weighted by Crippen LogP contribution is -2.37. The number of pyridine rings is 1. The van der Waals surface area contributed by atoms with Gasteiger partial charge in [0.25, 0.3) is 0 Å². The number of rotatable bonds is 7. The van der Waals surface area contributed by atoms with Crippen molar-refractivity contribution < 1.29 is 8.42 Å². The molecule has 0 saturated carbocycles. The zero-order valence-corrected chi connectivity index (χ0v) is 13.7. The van der Waals surface area contributed by atoms with Crippen LogP contribution in [0.15, 0.2) is 23.2 Å². The van der Waals surface area contributed by atoms with Gasteiger partial charge in [0, 0.05) is 26.3 Å². The first-order valence-corrected chi connectivity index (χ1v) is 8.36. The Morgan fingerprint density at radius 2 is 1.75 bits per heavy atom. The molecule has 0 aromatic carbocycles. The molecule has 5 nitrogen and oxygen atoms in total. The largest absolute Gasteiger partial charge is 0.372 e. The molecular formula is C14H25N3O2S. The molecule has 1 rings (SSSR count). The fraction of sp³-hybridized carbons (Fsp3) is 0.643. The number of anilines is 1. The molecule has 1 N–H and O–H groups in total. The minimum Gasteiger partial charge on any atom is -0.372 e. The highest BCUT2D eigenvalue weighted by atomic mass is 32.2. The van der Waals surface area contributed by atoms with E-state index in [1.807, 2.05) is 27.7 Å². The molecule has 0 aliphatic rings. The quantitative estimate of drug-likeness (QED) is 0.840. The minimum absolute atomic E-state index is 0.240. The first kappa shape index (κ1) is 16.9. The molecule has 0 amide bonds. The van der Waals surface area contributed by atoms with Crippen molar-refractivity contribution in [1.29, 1.82) is 0 Å². The number of nitrogens with one attached hydrogen (secondary N) is 1. The Morgan fingerprint density at radius 3 is 2.20 bits per heavy atom. The van der Waals surface area contributed by atoms with E-state index in [0.29, 0.717) is 18.9 Å². The third kappa shape index (κ3) is 4.18. The van der Waals surface area contributed by atoms with Crippen LogP contribution in [0.5, 0.6) is 0 Å². The summed E-state index contributed by atoms with van der Waals surface area (Å²) in [4.78, 5) is 4.33. The van der Waals surface area contributed by atoms with Crippen molar-refractivity contribution in [2.75, 3.05) is 25.5 Å². The van der Waals surface area contributed by atoms with Crippen molar-refractivity contribution in [3.8, 4) is 0 Å². The van der Waals surface area contributed by atoms with Crippen LogP contribution >= 0.6 is 0 Å². The van der Waals surface area contributed by atoms with Gasteiger partial charge < -0.3 is 5.32 Å². The molecule has 0 bridgehead atoms. The Hall–Kier alpha value is -1.14. The summed E-state index contributed by atoms with van der Waals surface area (Å²) >= 11 is 0. The van der Waals surface area contributed by atoms with E-state index in [2.05, 4.69) is 10.3 Å². The molecule has 0 unspecified atom stereocenters. The second-order valence-electron chi connectivity index (χ2n) is 5.71. The topological polar surface area (TPSA) is 62.3 Å². The Labute approximate surface area is 122 Å². The molecule has 0 aliphatic heterocycles. The number of sulfonamides is 1. The molecular weight excluding hydrogens is 274 g/mol. The van der Waals surface area contributed by atoms with Crippen LogP contribution in [0, 0.1) is 11.8 Å². The van der Waals surface area contributed by atoms with Gasteiger partial charge in [-0.15, -0.1) is 0 Å². The maximum atomic E-state index is 12.8. The molecule has 1 aromatic heterocycles. The highest BCUT2D eigenvalue weighted by Gasteiger charge is 2.28. The van der Waals surface area contributed by atoms with E-state index in [-0.39, 0.29) is 16.7 Å². The number of hydrogen-bond donors (Lipinski definition) is 1. The third-order valence-corrected chi connectivity index (χ3v) is 4.63. The molecule has 114 valence electrons. The molecule has 0 fully saturated rings. The van der Waals surface area contributed by atoms with E-state index in [1.54, 1.807) is 29.7 Å². The van der Waals surface area contributed by atoms with Gasteiger partial charge in [-0.2, -0.15) is 4.31 Å². The van der Waals surface area contributed by atoms with E-state index < -0.39 is 10.0 Å². The van der Waals surface area contributed by atoms with Crippen molar-refractivity contribution in [2.45, 2.75) is 32.6 Å². The lowest BCUT2D eigenvalue weighted by Gasteiger charge is -2.26. The van der Waals surface area contributed by atoms with E-state index in [9.17, 15) is 8.42 Å². The van der Waals surface area contributed by atoms with Crippen LogP contribution in [0.3, 0.4) is 0 Å². The number of hydrogen-bond acceptors (Lipinski definition) is 4. The van der Waals surface area contributed by atoms with E-state index >= 15 is 0 Å². The van der Waals surface area contributed by atoms with Crippen molar-refractivity contribution in [3.63, 3.8) is 0 Å². The van der Waals surface area contributed by atoms with Crippen LogP contribution in [0.4, 0.5) is 5.82 Å². The highest BCUT2D eigenvalue weighted by molar-refractivity contribution is 7.89. The first-order valence-electron chi connectivity index (χ1n) is 6.92. The number of nitrogens with zero attached hydrogens (tertiary/aromatic N) is 2. The molecule has 0 atom stereocenters. The third-order valence-electron chi connectivity index (χ3n) is 2.76. The Morgan fingerprint density at radius 1 is 1.20 bits per heavy atom. The molecule has 0 aliphatic carbocycles. The predicted octanol–water partition coefficient (Wildman–Crippen LogP) is 2.43. The normalized spacial score (nSPS) is 12.4. The van der Waals surface area contributed by atoms with Gasteiger partial charge in [0.05, 0.1) is 0 Å². The van der Waals surface area contributed by atoms with Gasteiger partial charge in [-0.1, -0.05) is 27.7 Å². The average molecular weight is 299 g/mol. The van der Waals surface area contributed by atoms with Crippen LogP contribution < -0.4 is 5.32 Å². The summed E-state index contributed by atoms with van der Waals surface area (Å²) in [5, 5.41) is 2.85. The van der Waals surface area contributed by atoms with Crippen LogP contribution in [0.2, 0.25) is 0 Å². The van der Waals surface area contributed by atoms with Gasteiger partial charge in [-0.05, 0) is 24.0 Å². The van der Waals surface area contributed by atoms with Crippen molar-refractivity contribution in [3.05, 3.63) is 18.3 Å². The second-order valence-corrected chi connectivity index (χ2v) is 7.62. The molecule has 0 spiro atoms. The van der Waals surface area contributed by atoms with E-state index in [1.165, 1.54) is 0 Å². The van der Waals surface area contributed by atoms with Gasteiger partial charge >= 0.3 is 0 Å². The maximum absolute atomic E-state index is 12.8. The predicted molar refractivity (Wildman–Crippen MR) is 82.2 cm³/mol. The van der Waals surface area contributed by atoms with Crippen LogP contribution in [0.25, 0.3) is 0 Å².